The van der Waals surface area contributed by atoms with Crippen molar-refractivity contribution in [3.05, 3.63) is 57.1 Å². The van der Waals surface area contributed by atoms with Crippen LogP contribution in [0, 0.1) is 10.1 Å². The summed E-state index contributed by atoms with van der Waals surface area (Å²) in [5.41, 5.74) is 2.14. The van der Waals surface area contributed by atoms with Gasteiger partial charge >= 0.3 is 5.69 Å². The van der Waals surface area contributed by atoms with Crippen LogP contribution in [-0.4, -0.2) is 34.5 Å². The summed E-state index contributed by atoms with van der Waals surface area (Å²) >= 11 is 7.16. The Bertz CT molecular complexity index is 874. The summed E-state index contributed by atoms with van der Waals surface area (Å²) in [5, 5.41) is 24.7. The highest BCUT2D eigenvalue weighted by Gasteiger charge is 2.19. The fourth-order valence-electron chi connectivity index (χ4n) is 2.02. The van der Waals surface area contributed by atoms with Crippen molar-refractivity contribution >= 4 is 41.2 Å². The van der Waals surface area contributed by atoms with E-state index in [2.05, 4.69) is 10.5 Å². The van der Waals surface area contributed by atoms with Crippen molar-refractivity contribution in [2.45, 2.75) is 17.1 Å². The van der Waals surface area contributed by atoms with Gasteiger partial charge in [-0.15, -0.1) is 11.8 Å². The zero-order chi connectivity index (χ0) is 20.0. The van der Waals surface area contributed by atoms with Gasteiger partial charge in [0.1, 0.15) is 0 Å². The average molecular weight is 410 g/mol. The predicted octanol–water partition coefficient (Wildman–Crippen LogP) is 3.59. The molecule has 142 valence electrons. The second-order valence-electron chi connectivity index (χ2n) is 5.30. The SMILES string of the molecule is COc1cc(C=NNC(=O)C(C)Sc2ccc(Cl)cc2)cc([N+](=O)[O-])c1O. The summed E-state index contributed by atoms with van der Waals surface area (Å²) in [6.45, 7) is 1.72. The van der Waals surface area contributed by atoms with Crippen LogP contribution in [0.25, 0.3) is 0 Å². The average Bonchev–Trinajstić information content (AvgIpc) is 2.64. The number of hydrogen-bond acceptors (Lipinski definition) is 7. The Kier molecular flexibility index (Phi) is 7.03. The van der Waals surface area contributed by atoms with Crippen LogP contribution in [0.15, 0.2) is 46.4 Å². The van der Waals surface area contributed by atoms with Gasteiger partial charge in [-0.1, -0.05) is 11.6 Å². The number of nitrogens with one attached hydrogen (secondary N) is 1. The number of rotatable bonds is 7. The van der Waals surface area contributed by atoms with E-state index in [4.69, 9.17) is 16.3 Å². The molecule has 0 aliphatic carbocycles. The van der Waals surface area contributed by atoms with Crippen LogP contribution in [0.3, 0.4) is 0 Å². The number of halogens is 1. The second-order valence-corrected chi connectivity index (χ2v) is 7.15. The van der Waals surface area contributed by atoms with Crippen molar-refractivity contribution in [2.75, 3.05) is 7.11 Å². The van der Waals surface area contributed by atoms with E-state index in [0.29, 0.717) is 5.02 Å². The lowest BCUT2D eigenvalue weighted by molar-refractivity contribution is -0.386. The number of amides is 1. The second kappa shape index (κ2) is 9.24. The van der Waals surface area contributed by atoms with Crippen molar-refractivity contribution in [3.8, 4) is 11.5 Å². The summed E-state index contributed by atoms with van der Waals surface area (Å²) in [7, 11) is 1.27. The number of hydrazone groups is 1. The summed E-state index contributed by atoms with van der Waals surface area (Å²) < 4.78 is 4.90. The summed E-state index contributed by atoms with van der Waals surface area (Å²) in [5.74, 6) is -0.980. The van der Waals surface area contributed by atoms with Crippen molar-refractivity contribution in [1.29, 1.82) is 0 Å². The number of carbonyl (C=O) groups excluding carboxylic acids is 1. The van der Waals surface area contributed by atoms with Crippen LogP contribution >= 0.6 is 23.4 Å². The molecule has 0 aromatic heterocycles. The van der Waals surface area contributed by atoms with E-state index in [1.54, 1.807) is 19.1 Å². The third-order valence-corrected chi connectivity index (χ3v) is 4.74. The van der Waals surface area contributed by atoms with Gasteiger partial charge in [0, 0.05) is 21.5 Å². The van der Waals surface area contributed by atoms with Gasteiger partial charge < -0.3 is 9.84 Å². The fraction of sp³-hybridized carbons (Fsp3) is 0.176. The maximum Gasteiger partial charge on any atom is 0.315 e. The standard InChI is InChI=1S/C17H16ClN3O5S/c1-10(27-13-5-3-12(18)4-6-13)17(23)20-19-9-11-7-14(21(24)25)16(22)15(8-11)26-2/h3-10,22H,1-2H3,(H,20,23). The number of thioether (sulfide) groups is 1. The highest BCUT2D eigenvalue weighted by molar-refractivity contribution is 8.00. The predicted molar refractivity (Wildman–Crippen MR) is 104 cm³/mol. The van der Waals surface area contributed by atoms with Crippen molar-refractivity contribution in [3.63, 3.8) is 0 Å². The van der Waals surface area contributed by atoms with Gasteiger partial charge in [0.25, 0.3) is 5.91 Å². The number of benzene rings is 2. The Morgan fingerprint density at radius 1 is 1.41 bits per heavy atom. The van der Waals surface area contributed by atoms with E-state index in [1.807, 2.05) is 12.1 Å². The number of aromatic hydroxyl groups is 1. The Morgan fingerprint density at radius 3 is 2.67 bits per heavy atom. The van der Waals surface area contributed by atoms with E-state index in [9.17, 15) is 20.0 Å². The van der Waals surface area contributed by atoms with E-state index < -0.39 is 21.6 Å². The quantitative estimate of drug-likeness (QED) is 0.312. The zero-order valence-electron chi connectivity index (χ0n) is 14.4. The van der Waals surface area contributed by atoms with E-state index in [-0.39, 0.29) is 17.2 Å². The normalized spacial score (nSPS) is 12.0. The first-order chi connectivity index (χ1) is 12.8. The molecule has 1 atom stereocenters. The molecule has 0 saturated carbocycles. The molecule has 0 spiro atoms. The minimum absolute atomic E-state index is 0.0661. The number of nitro benzene ring substituents is 1. The van der Waals surface area contributed by atoms with Gasteiger partial charge in [-0.25, -0.2) is 5.43 Å². The van der Waals surface area contributed by atoms with Gasteiger partial charge in [0.15, 0.2) is 5.75 Å². The van der Waals surface area contributed by atoms with Crippen LogP contribution in [0.2, 0.25) is 5.02 Å². The smallest absolute Gasteiger partial charge is 0.315 e. The molecule has 2 aromatic rings. The molecular formula is C17H16ClN3O5S. The number of ether oxygens (including phenoxy) is 1. The summed E-state index contributed by atoms with van der Waals surface area (Å²) in [6, 6.07) is 9.57. The fourth-order valence-corrected chi connectivity index (χ4v) is 3.00. The molecule has 2 aromatic carbocycles. The van der Waals surface area contributed by atoms with Gasteiger partial charge in [-0.05, 0) is 37.3 Å². The first kappa shape index (κ1) is 20.5. The van der Waals surface area contributed by atoms with Crippen molar-refractivity contribution in [1.82, 2.24) is 5.43 Å². The first-order valence-electron chi connectivity index (χ1n) is 7.62. The Morgan fingerprint density at radius 2 is 2.07 bits per heavy atom. The highest BCUT2D eigenvalue weighted by Crippen LogP contribution is 2.36. The van der Waals surface area contributed by atoms with E-state index in [0.717, 1.165) is 11.0 Å². The highest BCUT2D eigenvalue weighted by atomic mass is 35.5. The number of phenolic OH excluding ortho intramolecular Hbond substituents is 1. The van der Waals surface area contributed by atoms with Crippen LogP contribution in [-0.2, 0) is 4.79 Å². The monoisotopic (exact) mass is 409 g/mol. The molecule has 27 heavy (non-hydrogen) atoms. The van der Waals surface area contributed by atoms with E-state index >= 15 is 0 Å². The largest absolute Gasteiger partial charge is 0.500 e. The molecular weight excluding hydrogens is 394 g/mol. The van der Waals surface area contributed by atoms with Crippen LogP contribution in [0.1, 0.15) is 12.5 Å². The number of nitro groups is 1. The van der Waals surface area contributed by atoms with E-state index in [1.165, 1.54) is 31.2 Å². The lowest BCUT2D eigenvalue weighted by Gasteiger charge is -2.09. The molecule has 10 heteroatoms. The van der Waals surface area contributed by atoms with Gasteiger partial charge in [0.05, 0.1) is 23.5 Å². The minimum Gasteiger partial charge on any atom is -0.500 e. The van der Waals surface area contributed by atoms with Crippen molar-refractivity contribution < 1.29 is 19.6 Å². The molecule has 2 rings (SSSR count). The molecule has 8 nitrogen and oxygen atoms in total. The number of phenols is 1. The molecule has 0 radical (unpaired) electrons. The minimum atomic E-state index is -0.737. The van der Waals surface area contributed by atoms with Crippen LogP contribution in [0.4, 0.5) is 5.69 Å². The molecule has 0 heterocycles. The number of carbonyl (C=O) groups is 1. The zero-order valence-corrected chi connectivity index (χ0v) is 16.0. The topological polar surface area (TPSA) is 114 Å². The molecule has 0 aliphatic heterocycles. The molecule has 0 aliphatic rings. The van der Waals surface area contributed by atoms with Gasteiger partial charge in [-0.2, -0.15) is 5.10 Å². The third-order valence-electron chi connectivity index (χ3n) is 3.38. The van der Waals surface area contributed by atoms with Crippen LogP contribution in [0.5, 0.6) is 11.5 Å². The van der Waals surface area contributed by atoms with Crippen LogP contribution < -0.4 is 10.2 Å². The maximum absolute atomic E-state index is 12.1. The molecule has 0 bridgehead atoms. The molecule has 2 N–H and O–H groups in total. The third kappa shape index (κ3) is 5.60. The maximum atomic E-state index is 12.1. The lowest BCUT2D eigenvalue weighted by Crippen LogP contribution is -2.26. The number of methoxy groups -OCH3 is 1. The lowest BCUT2D eigenvalue weighted by atomic mass is 10.2. The van der Waals surface area contributed by atoms with Crippen molar-refractivity contribution in [2.24, 2.45) is 5.10 Å². The summed E-state index contributed by atoms with van der Waals surface area (Å²) in [6.07, 6.45) is 1.23. The molecule has 0 saturated heterocycles. The Hall–Kier alpha value is -2.78. The van der Waals surface area contributed by atoms with Gasteiger partial charge in [0.2, 0.25) is 5.75 Å². The Balaban J connectivity index is 2.03. The van der Waals surface area contributed by atoms with Gasteiger partial charge in [-0.3, -0.25) is 14.9 Å². The summed E-state index contributed by atoms with van der Waals surface area (Å²) in [4.78, 5) is 23.2. The molecule has 1 unspecified atom stereocenters. The first-order valence-corrected chi connectivity index (χ1v) is 8.88. The number of nitrogens with zero attached hydrogens (tertiary/aromatic N) is 2. The molecule has 1 amide bonds. The molecule has 0 fully saturated rings. The number of hydrogen-bond donors (Lipinski definition) is 2. The Labute approximate surface area is 164 Å².